The Bertz CT molecular complexity index is 740. The number of likely N-dealkylation sites (N-methyl/N-ethyl adjacent to an activating group) is 2. The molecule has 34 heavy (non-hydrogen) atoms. The highest BCUT2D eigenvalue weighted by Gasteiger charge is 2.52. The Morgan fingerprint density at radius 1 is 1.26 bits per heavy atom. The molecule has 2 fully saturated rings. The van der Waals surface area contributed by atoms with E-state index in [0.29, 0.717) is 25.1 Å². The van der Waals surface area contributed by atoms with Gasteiger partial charge in [0.1, 0.15) is 29.7 Å². The molecule has 0 amide bonds. The standard InChI is InChI=1S/C21H41N7O6/c1-21(31)8-32-19(15(30)18(21)27-3)34-16-11(23)6-10(22)13(14(16)29)17-12(28-20(24)25)5-4-9(33-17)7-26-2/h4,10-19,26-27,29-31H,5-8,22-23H2,1-3H3,(H4,24,25,28)/t10-,11+,12+,13?,14-,15+,16-,17-,18+,19+,21-/m0/s1. The first-order chi connectivity index (χ1) is 16.0. The molecular formula is C21H41N7O6. The number of nitrogens with one attached hydrogen (secondary N) is 4. The lowest BCUT2D eigenvalue weighted by atomic mass is 9.72. The third-order valence-corrected chi connectivity index (χ3v) is 6.98. The van der Waals surface area contributed by atoms with E-state index in [1.165, 1.54) is 0 Å². The highest BCUT2D eigenvalue weighted by Crippen LogP contribution is 2.36. The van der Waals surface area contributed by atoms with E-state index in [-0.39, 0.29) is 18.6 Å². The Labute approximate surface area is 199 Å². The molecule has 1 aliphatic carbocycles. The van der Waals surface area contributed by atoms with Crippen LogP contribution < -0.4 is 33.2 Å². The van der Waals surface area contributed by atoms with Crippen molar-refractivity contribution in [1.82, 2.24) is 16.0 Å². The average molecular weight is 488 g/mol. The van der Waals surface area contributed by atoms with Crippen LogP contribution in [0.1, 0.15) is 19.8 Å². The van der Waals surface area contributed by atoms with E-state index in [4.69, 9.17) is 36.8 Å². The fraction of sp³-hybridized carbons (Fsp3) is 0.857. The number of hydrogen-bond acceptors (Lipinski definition) is 11. The van der Waals surface area contributed by atoms with Gasteiger partial charge in [-0.2, -0.15) is 0 Å². The molecule has 3 rings (SSSR count). The molecule has 196 valence electrons. The summed E-state index contributed by atoms with van der Waals surface area (Å²) in [4.78, 5) is 0. The Morgan fingerprint density at radius 2 is 1.97 bits per heavy atom. The minimum atomic E-state index is -1.30. The van der Waals surface area contributed by atoms with Crippen molar-refractivity contribution in [3.05, 3.63) is 11.8 Å². The largest absolute Gasteiger partial charge is 0.491 e. The van der Waals surface area contributed by atoms with Gasteiger partial charge in [-0.3, -0.25) is 5.41 Å². The van der Waals surface area contributed by atoms with Crippen molar-refractivity contribution in [3.8, 4) is 0 Å². The molecule has 11 atom stereocenters. The maximum atomic E-state index is 11.4. The van der Waals surface area contributed by atoms with Gasteiger partial charge in [0.25, 0.3) is 0 Å². The maximum absolute atomic E-state index is 11.4. The zero-order valence-corrected chi connectivity index (χ0v) is 20.0. The van der Waals surface area contributed by atoms with Crippen LogP contribution in [0, 0.1) is 11.3 Å². The second-order valence-electron chi connectivity index (χ2n) is 9.71. The summed E-state index contributed by atoms with van der Waals surface area (Å²) < 4.78 is 17.8. The number of ether oxygens (including phenoxy) is 3. The molecule has 13 N–H and O–H groups in total. The highest BCUT2D eigenvalue weighted by atomic mass is 16.7. The minimum Gasteiger partial charge on any atom is -0.491 e. The molecule has 2 aliphatic heterocycles. The fourth-order valence-corrected chi connectivity index (χ4v) is 5.34. The summed E-state index contributed by atoms with van der Waals surface area (Å²) >= 11 is 0. The topological polar surface area (TPSA) is 226 Å². The minimum absolute atomic E-state index is 0.0737. The van der Waals surface area contributed by atoms with Gasteiger partial charge >= 0.3 is 0 Å². The van der Waals surface area contributed by atoms with E-state index in [9.17, 15) is 15.3 Å². The van der Waals surface area contributed by atoms with E-state index < -0.39 is 60.4 Å². The zero-order valence-electron chi connectivity index (χ0n) is 20.0. The lowest BCUT2D eigenvalue weighted by Crippen LogP contribution is -2.69. The first-order valence-corrected chi connectivity index (χ1v) is 11.6. The van der Waals surface area contributed by atoms with Crippen LogP contribution in [0.3, 0.4) is 0 Å². The summed E-state index contributed by atoms with van der Waals surface area (Å²) in [7, 11) is 3.42. The van der Waals surface area contributed by atoms with Gasteiger partial charge in [-0.15, -0.1) is 0 Å². The number of aliphatic hydroxyl groups excluding tert-OH is 2. The van der Waals surface area contributed by atoms with Gasteiger partial charge in [0, 0.05) is 18.0 Å². The van der Waals surface area contributed by atoms with Gasteiger partial charge in [0.15, 0.2) is 12.2 Å². The van der Waals surface area contributed by atoms with Gasteiger partial charge in [0.2, 0.25) is 0 Å². The molecule has 1 saturated carbocycles. The quantitative estimate of drug-likeness (QED) is 0.123. The summed E-state index contributed by atoms with van der Waals surface area (Å²) in [6.07, 6.45) is -2.22. The van der Waals surface area contributed by atoms with Crippen molar-refractivity contribution in [1.29, 1.82) is 5.41 Å². The van der Waals surface area contributed by atoms with E-state index in [1.807, 2.05) is 6.08 Å². The van der Waals surface area contributed by atoms with Gasteiger partial charge in [-0.1, -0.05) is 0 Å². The molecule has 0 spiro atoms. The maximum Gasteiger partial charge on any atom is 0.186 e. The van der Waals surface area contributed by atoms with Crippen molar-refractivity contribution in [2.24, 2.45) is 23.1 Å². The van der Waals surface area contributed by atoms with E-state index in [1.54, 1.807) is 21.0 Å². The summed E-state index contributed by atoms with van der Waals surface area (Å²) in [5.41, 5.74) is 17.1. The van der Waals surface area contributed by atoms with Crippen LogP contribution in [0.2, 0.25) is 0 Å². The number of rotatable bonds is 7. The molecule has 0 aromatic heterocycles. The van der Waals surface area contributed by atoms with Crippen LogP contribution in [-0.4, -0.2) is 109 Å². The molecule has 0 radical (unpaired) electrons. The first-order valence-electron chi connectivity index (χ1n) is 11.6. The summed E-state index contributed by atoms with van der Waals surface area (Å²) in [6, 6.07) is -2.23. The zero-order chi connectivity index (χ0) is 25.2. The predicted octanol–water partition coefficient (Wildman–Crippen LogP) is -3.79. The van der Waals surface area contributed by atoms with Crippen molar-refractivity contribution in [3.63, 3.8) is 0 Å². The smallest absolute Gasteiger partial charge is 0.186 e. The van der Waals surface area contributed by atoms with Gasteiger partial charge in [-0.05, 0) is 39.9 Å². The number of aliphatic hydroxyl groups is 3. The average Bonchev–Trinajstić information content (AvgIpc) is 2.74. The Morgan fingerprint density at radius 3 is 2.59 bits per heavy atom. The number of hydrogen-bond donors (Lipinski definition) is 10. The lowest BCUT2D eigenvalue weighted by Gasteiger charge is -2.50. The number of guanidine groups is 1. The summed E-state index contributed by atoms with van der Waals surface area (Å²) in [5, 5.41) is 49.2. The van der Waals surface area contributed by atoms with Crippen LogP contribution in [0.15, 0.2) is 11.8 Å². The summed E-state index contributed by atoms with van der Waals surface area (Å²) in [5.74, 6) is -0.117. The second kappa shape index (κ2) is 11.0. The number of nitrogens with two attached hydrogens (primary N) is 3. The molecule has 13 heteroatoms. The molecule has 1 saturated heterocycles. The van der Waals surface area contributed by atoms with Crippen LogP contribution in [0.4, 0.5) is 0 Å². The van der Waals surface area contributed by atoms with E-state index in [0.717, 1.165) is 0 Å². The first kappa shape index (κ1) is 27.0. The molecule has 0 aromatic carbocycles. The molecule has 0 bridgehead atoms. The van der Waals surface area contributed by atoms with Gasteiger partial charge in [0.05, 0.1) is 31.3 Å². The lowest BCUT2D eigenvalue weighted by molar-refractivity contribution is -0.296. The molecule has 1 unspecified atom stereocenters. The van der Waals surface area contributed by atoms with Crippen molar-refractivity contribution in [2.45, 2.75) is 80.2 Å². The third kappa shape index (κ3) is 5.64. The molecule has 0 aromatic rings. The molecular weight excluding hydrogens is 446 g/mol. The Hall–Kier alpha value is -1.55. The fourth-order valence-electron chi connectivity index (χ4n) is 5.34. The molecule has 2 heterocycles. The summed E-state index contributed by atoms with van der Waals surface area (Å²) in [6.45, 7) is 1.98. The van der Waals surface area contributed by atoms with Crippen LogP contribution in [0.25, 0.3) is 0 Å². The van der Waals surface area contributed by atoms with E-state index >= 15 is 0 Å². The highest BCUT2D eigenvalue weighted by molar-refractivity contribution is 5.74. The van der Waals surface area contributed by atoms with Crippen LogP contribution >= 0.6 is 0 Å². The van der Waals surface area contributed by atoms with Crippen molar-refractivity contribution in [2.75, 3.05) is 27.2 Å². The van der Waals surface area contributed by atoms with Gasteiger partial charge in [-0.25, -0.2) is 0 Å². The monoisotopic (exact) mass is 487 g/mol. The van der Waals surface area contributed by atoms with Crippen LogP contribution in [-0.2, 0) is 14.2 Å². The predicted molar refractivity (Wildman–Crippen MR) is 124 cm³/mol. The third-order valence-electron chi connectivity index (χ3n) is 6.98. The van der Waals surface area contributed by atoms with Crippen molar-refractivity contribution >= 4 is 5.96 Å². The van der Waals surface area contributed by atoms with Crippen molar-refractivity contribution < 1.29 is 29.5 Å². The van der Waals surface area contributed by atoms with E-state index in [2.05, 4.69) is 16.0 Å². The Balaban J connectivity index is 1.81. The van der Waals surface area contributed by atoms with Crippen LogP contribution in [0.5, 0.6) is 0 Å². The molecule has 13 nitrogen and oxygen atoms in total. The molecule has 3 aliphatic rings. The second-order valence-corrected chi connectivity index (χ2v) is 9.71. The SMILES string of the molecule is CNCC1=CC[C@@H](NC(=N)N)[C@@H](C2[C@@H](N)C[C@@H](N)[C@H](O[C@H]3OC[C@](C)(O)[C@H](NC)[C@H]3O)[C@H]2O)O1. The Kier molecular flexibility index (Phi) is 8.76. The normalized spacial score (nSPS) is 45.2. The van der Waals surface area contributed by atoms with Gasteiger partial charge < -0.3 is 62.7 Å².